The van der Waals surface area contributed by atoms with E-state index in [1.54, 1.807) is 12.1 Å². The number of Topliss-reactive ketones (excluding diaryl/α,β-unsaturated/α-hetero) is 2. The molecule has 0 aromatic heterocycles. The van der Waals surface area contributed by atoms with Crippen LogP contribution in [0.2, 0.25) is 0 Å². The predicted molar refractivity (Wildman–Crippen MR) is 139 cm³/mol. The second kappa shape index (κ2) is 9.00. The lowest BCUT2D eigenvalue weighted by atomic mass is 9.54. The zero-order valence-electron chi connectivity index (χ0n) is 21.7. The van der Waals surface area contributed by atoms with Crippen molar-refractivity contribution in [1.82, 2.24) is 4.90 Å². The fraction of sp³-hybridized carbons (Fsp3) is 0.321. The Labute approximate surface area is 230 Å². The van der Waals surface area contributed by atoms with Crippen LogP contribution in [-0.2, 0) is 25.3 Å². The summed E-state index contributed by atoms with van der Waals surface area (Å²) in [5.41, 5.74) is -6.19. The molecule has 0 unspecified atom stereocenters. The van der Waals surface area contributed by atoms with Crippen LogP contribution in [0.15, 0.2) is 70.3 Å². The molecule has 5 rings (SSSR count). The molecule has 3 aliphatic rings. The van der Waals surface area contributed by atoms with Gasteiger partial charge >= 0.3 is 10.1 Å². The van der Waals surface area contributed by atoms with E-state index in [1.807, 2.05) is 0 Å². The highest BCUT2D eigenvalue weighted by atomic mass is 32.2. The number of aliphatic hydroxyl groups is 4. The number of fused-ring (bicyclic) bond motifs is 3. The Morgan fingerprint density at radius 2 is 1.70 bits per heavy atom. The Morgan fingerprint density at radius 1 is 1.05 bits per heavy atom. The van der Waals surface area contributed by atoms with Crippen molar-refractivity contribution in [2.45, 2.75) is 35.5 Å². The van der Waals surface area contributed by atoms with Gasteiger partial charge in [0.15, 0.2) is 22.9 Å². The summed E-state index contributed by atoms with van der Waals surface area (Å²) in [6.45, 7) is 1.36. The van der Waals surface area contributed by atoms with E-state index in [1.165, 1.54) is 68.4 Å². The van der Waals surface area contributed by atoms with Crippen molar-refractivity contribution in [3.63, 3.8) is 0 Å². The molecule has 12 heteroatoms. The Kier molecular flexibility index (Phi) is 6.20. The van der Waals surface area contributed by atoms with Crippen LogP contribution < -0.4 is 4.18 Å². The molecule has 0 bridgehead atoms. The average molecular weight is 567 g/mol. The van der Waals surface area contributed by atoms with E-state index in [9.17, 15) is 43.7 Å². The highest BCUT2D eigenvalue weighted by Crippen LogP contribution is 2.57. The lowest BCUT2D eigenvalue weighted by Crippen LogP contribution is -2.66. The lowest BCUT2D eigenvalue weighted by Gasteiger charge is -2.52. The zero-order chi connectivity index (χ0) is 29.4. The largest absolute Gasteiger partial charge is 0.507 e. The molecule has 0 amide bonds. The standard InChI is InChI=1S/C28H26N2O9S/c1-27(35)16-10-7-11-19(39-40(37,38)14-8-5-4-6-9-14)20(16)24(32)21-17(27)12-18-22(30(2)3)23(31)15(13-29)25(33)28(18,36)26(21)34/h4-11,17-18,22,32-33,35-36H,12H2,1-3H3/t17-,18-,22-,27+,28+/m0/s1. The molecule has 0 spiro atoms. The average Bonchev–Trinajstić information content (AvgIpc) is 2.89. The summed E-state index contributed by atoms with van der Waals surface area (Å²) in [4.78, 5) is 28.3. The van der Waals surface area contributed by atoms with Crippen molar-refractivity contribution in [1.29, 1.82) is 5.26 Å². The number of carbonyl (C=O) groups is 2. The van der Waals surface area contributed by atoms with Crippen LogP contribution in [0.1, 0.15) is 24.5 Å². The van der Waals surface area contributed by atoms with Crippen LogP contribution in [0.4, 0.5) is 0 Å². The third kappa shape index (κ3) is 3.62. The van der Waals surface area contributed by atoms with Gasteiger partial charge in [0, 0.05) is 17.4 Å². The number of nitriles is 1. The number of rotatable bonds is 4. The molecule has 1 saturated carbocycles. The summed E-state index contributed by atoms with van der Waals surface area (Å²) in [5.74, 6) is -6.74. The highest BCUT2D eigenvalue weighted by molar-refractivity contribution is 7.87. The third-order valence-electron chi connectivity index (χ3n) is 8.10. The van der Waals surface area contributed by atoms with E-state index in [0.717, 1.165) is 0 Å². The topological polar surface area (TPSA) is 185 Å². The number of benzene rings is 2. The minimum atomic E-state index is -4.40. The molecule has 11 nitrogen and oxygen atoms in total. The number of ketones is 2. The molecule has 3 aliphatic carbocycles. The van der Waals surface area contributed by atoms with Crippen LogP contribution >= 0.6 is 0 Å². The molecule has 2 aromatic carbocycles. The van der Waals surface area contributed by atoms with E-state index in [2.05, 4.69) is 0 Å². The first-order valence-corrected chi connectivity index (χ1v) is 13.7. The fourth-order valence-electron chi connectivity index (χ4n) is 6.18. The number of carbonyl (C=O) groups excluding carboxylic acids is 2. The normalized spacial score (nSPS) is 30.0. The Bertz CT molecular complexity index is 1670. The minimum Gasteiger partial charge on any atom is -0.507 e. The van der Waals surface area contributed by atoms with E-state index < -0.39 is 73.4 Å². The van der Waals surface area contributed by atoms with Gasteiger partial charge < -0.3 is 24.6 Å². The number of aliphatic hydroxyl groups excluding tert-OH is 2. The number of likely N-dealkylation sites (N-methyl/N-ethyl adjacent to an activating group) is 1. The summed E-state index contributed by atoms with van der Waals surface area (Å²) < 4.78 is 31.3. The Hall–Kier alpha value is -4.02. The summed E-state index contributed by atoms with van der Waals surface area (Å²) in [5, 5.41) is 55.4. The SMILES string of the molecule is CN(C)[C@@H]1C(=O)C(C#N)=C(O)[C@@]2(O)C(=O)C3=C(O)c4c(OS(=O)(=O)c5ccccc5)cccc4[C@@](C)(O)[C@H]3C[C@@H]12. The van der Waals surface area contributed by atoms with E-state index >= 15 is 0 Å². The van der Waals surface area contributed by atoms with Gasteiger partial charge in [0.2, 0.25) is 5.78 Å². The van der Waals surface area contributed by atoms with Crippen molar-refractivity contribution in [3.05, 3.63) is 76.6 Å². The maximum atomic E-state index is 14.0. The molecule has 4 N–H and O–H groups in total. The van der Waals surface area contributed by atoms with E-state index in [0.29, 0.717) is 0 Å². The smallest absolute Gasteiger partial charge is 0.339 e. The summed E-state index contributed by atoms with van der Waals surface area (Å²) >= 11 is 0. The maximum absolute atomic E-state index is 14.0. The minimum absolute atomic E-state index is 0.0544. The highest BCUT2D eigenvalue weighted by Gasteiger charge is 2.66. The first-order valence-electron chi connectivity index (χ1n) is 12.3. The molecule has 0 heterocycles. The second-order valence-electron chi connectivity index (χ2n) is 10.5. The molecule has 2 aromatic rings. The molecular formula is C28H26N2O9S. The number of hydrogen-bond acceptors (Lipinski definition) is 11. The van der Waals surface area contributed by atoms with Crippen LogP contribution in [0.25, 0.3) is 5.76 Å². The monoisotopic (exact) mass is 566 g/mol. The van der Waals surface area contributed by atoms with Gasteiger partial charge in [-0.1, -0.05) is 30.3 Å². The first-order chi connectivity index (χ1) is 18.7. The van der Waals surface area contributed by atoms with Crippen LogP contribution in [0, 0.1) is 23.2 Å². The van der Waals surface area contributed by atoms with Crippen molar-refractivity contribution in [2.24, 2.45) is 11.8 Å². The lowest BCUT2D eigenvalue weighted by molar-refractivity contribution is -0.158. The van der Waals surface area contributed by atoms with Gasteiger partial charge in [-0.25, -0.2) is 0 Å². The van der Waals surface area contributed by atoms with Gasteiger partial charge in [-0.05, 0) is 51.2 Å². The maximum Gasteiger partial charge on any atom is 0.339 e. The molecule has 0 saturated heterocycles. The van der Waals surface area contributed by atoms with E-state index in [-0.39, 0.29) is 28.2 Å². The molecule has 1 fully saturated rings. The van der Waals surface area contributed by atoms with Gasteiger partial charge in [-0.3, -0.25) is 14.5 Å². The van der Waals surface area contributed by atoms with Crippen molar-refractivity contribution < 1.29 is 42.6 Å². The van der Waals surface area contributed by atoms with Gasteiger partial charge in [-0.2, -0.15) is 13.7 Å². The van der Waals surface area contributed by atoms with Crippen molar-refractivity contribution in [3.8, 4) is 11.8 Å². The fourth-order valence-corrected chi connectivity index (χ4v) is 7.14. The van der Waals surface area contributed by atoms with Gasteiger partial charge in [-0.15, -0.1) is 0 Å². The quantitative estimate of drug-likeness (QED) is 0.395. The van der Waals surface area contributed by atoms with E-state index in [4.69, 9.17) is 4.18 Å². The first kappa shape index (κ1) is 27.5. The molecule has 208 valence electrons. The number of hydrogen-bond donors (Lipinski definition) is 4. The van der Waals surface area contributed by atoms with Crippen molar-refractivity contribution >= 4 is 27.4 Å². The zero-order valence-corrected chi connectivity index (χ0v) is 22.5. The van der Waals surface area contributed by atoms with Gasteiger partial charge in [0.1, 0.15) is 22.3 Å². The van der Waals surface area contributed by atoms with Gasteiger partial charge in [0.25, 0.3) is 0 Å². The number of nitrogens with zero attached hydrogens (tertiary/aromatic N) is 2. The summed E-state index contributed by atoms with van der Waals surface area (Å²) in [7, 11) is -1.37. The Morgan fingerprint density at radius 3 is 2.30 bits per heavy atom. The predicted octanol–water partition coefficient (Wildman–Crippen LogP) is 1.73. The van der Waals surface area contributed by atoms with Crippen molar-refractivity contribution in [2.75, 3.05) is 14.1 Å². The molecule has 40 heavy (non-hydrogen) atoms. The van der Waals surface area contributed by atoms with Crippen LogP contribution in [0.5, 0.6) is 5.75 Å². The molecule has 5 atom stereocenters. The summed E-state index contributed by atoms with van der Waals surface area (Å²) in [6.07, 6.45) is -0.251. The van der Waals surface area contributed by atoms with Crippen LogP contribution in [-0.4, -0.2) is 71.0 Å². The van der Waals surface area contributed by atoms with Crippen LogP contribution in [0.3, 0.4) is 0 Å². The molecule has 0 aliphatic heterocycles. The second-order valence-corrected chi connectivity index (χ2v) is 12.1. The molecule has 0 radical (unpaired) electrons. The third-order valence-corrected chi connectivity index (χ3v) is 9.35. The molecular weight excluding hydrogens is 540 g/mol. The Balaban J connectivity index is 1.73. The summed E-state index contributed by atoms with van der Waals surface area (Å²) in [6, 6.07) is 11.7. The van der Waals surface area contributed by atoms with Gasteiger partial charge in [0.05, 0.1) is 17.2 Å².